The molecule has 1 amide bonds. The number of aromatic hydroxyl groups is 2. The summed E-state index contributed by atoms with van der Waals surface area (Å²) < 4.78 is 13.3. The van der Waals surface area contributed by atoms with Crippen LogP contribution in [0.4, 0.5) is 0 Å². The summed E-state index contributed by atoms with van der Waals surface area (Å²) in [7, 11) is 6.49. The van der Waals surface area contributed by atoms with Gasteiger partial charge in [-0.2, -0.15) is 0 Å². The van der Waals surface area contributed by atoms with E-state index >= 15 is 0 Å². The zero-order valence-corrected chi connectivity index (χ0v) is 25.4. The summed E-state index contributed by atoms with van der Waals surface area (Å²) in [6.07, 6.45) is 4.15. The minimum Gasteiger partial charge on any atom is -0.494 e. The molecule has 2 aromatic rings. The first-order chi connectivity index (χ1) is 20.0. The lowest BCUT2D eigenvalue weighted by Crippen LogP contribution is -2.45. The standard InChI is InChI=1S/C31H46N4O7/c1-5-6-14-32(15-7-8-17-35(2,3)4)29(38)20-33-19-23(22-9-10-25-26(18-22)42-21-41-25)30(31(39)40)24(33)13-16-34-27(36)11-12-28(34)37/h9-12,18,23-24,30H,5-8,13-17,19-21H2,1-4H3,(H2-,36,37,39,40)/p+1/t23-,24+,30-/m1/s1. The van der Waals surface area contributed by atoms with Gasteiger partial charge in [0.1, 0.15) is 0 Å². The number of carboxylic acids is 1. The van der Waals surface area contributed by atoms with E-state index in [1.165, 1.54) is 16.7 Å². The van der Waals surface area contributed by atoms with E-state index in [0.29, 0.717) is 37.6 Å². The van der Waals surface area contributed by atoms with Gasteiger partial charge in [-0.3, -0.25) is 19.1 Å². The Morgan fingerprint density at radius 1 is 1.00 bits per heavy atom. The van der Waals surface area contributed by atoms with Gasteiger partial charge in [0.15, 0.2) is 23.3 Å². The second-order valence-corrected chi connectivity index (χ2v) is 12.5. The van der Waals surface area contributed by atoms with Gasteiger partial charge in [0.05, 0.1) is 40.2 Å². The molecule has 2 aliphatic heterocycles. The van der Waals surface area contributed by atoms with Gasteiger partial charge in [-0.05, 0) is 43.4 Å². The molecular formula is C31H47N4O7+. The Labute approximate surface area is 248 Å². The van der Waals surface area contributed by atoms with Gasteiger partial charge < -0.3 is 34.2 Å². The average molecular weight is 588 g/mol. The molecule has 1 aromatic carbocycles. The first-order valence-electron chi connectivity index (χ1n) is 15.0. The molecule has 0 spiro atoms. The van der Waals surface area contributed by atoms with Crippen LogP contribution in [0.15, 0.2) is 30.3 Å². The lowest BCUT2D eigenvalue weighted by atomic mass is 9.84. The van der Waals surface area contributed by atoms with Crippen molar-refractivity contribution >= 4 is 11.9 Å². The minimum absolute atomic E-state index is 0.000771. The number of amides is 1. The van der Waals surface area contributed by atoms with Crippen LogP contribution < -0.4 is 9.47 Å². The molecule has 42 heavy (non-hydrogen) atoms. The smallest absolute Gasteiger partial charge is 0.308 e. The highest BCUT2D eigenvalue weighted by atomic mass is 16.7. The normalized spacial score (nSPS) is 20.2. The molecule has 11 nitrogen and oxygen atoms in total. The van der Waals surface area contributed by atoms with E-state index in [4.69, 9.17) is 9.47 Å². The number of quaternary nitrogens is 1. The van der Waals surface area contributed by atoms with Crippen LogP contribution in [0.1, 0.15) is 50.5 Å². The number of likely N-dealkylation sites (tertiary alicyclic amines) is 1. The molecule has 0 bridgehead atoms. The Kier molecular flexibility index (Phi) is 10.3. The lowest BCUT2D eigenvalue weighted by Gasteiger charge is -2.30. The maximum Gasteiger partial charge on any atom is 0.308 e. The maximum absolute atomic E-state index is 13.8. The van der Waals surface area contributed by atoms with Crippen molar-refractivity contribution in [2.45, 2.75) is 57.5 Å². The van der Waals surface area contributed by atoms with Crippen molar-refractivity contribution in [3.05, 3.63) is 35.9 Å². The maximum atomic E-state index is 13.8. The number of benzene rings is 1. The fourth-order valence-electron chi connectivity index (χ4n) is 6.14. The molecule has 3 atom stereocenters. The number of nitrogens with zero attached hydrogens (tertiary/aromatic N) is 4. The number of ether oxygens (including phenoxy) is 2. The van der Waals surface area contributed by atoms with Gasteiger partial charge in [-0.1, -0.05) is 19.4 Å². The molecule has 1 saturated heterocycles. The molecular weight excluding hydrogens is 540 g/mol. The van der Waals surface area contributed by atoms with Gasteiger partial charge in [0.2, 0.25) is 12.7 Å². The molecule has 1 aromatic heterocycles. The number of carbonyl (C=O) groups excluding carboxylic acids is 1. The molecule has 0 radical (unpaired) electrons. The third-order valence-corrected chi connectivity index (χ3v) is 8.42. The number of hydrogen-bond donors (Lipinski definition) is 3. The number of carboxylic acid groups (broad SMARTS) is 1. The Balaban J connectivity index is 1.56. The monoisotopic (exact) mass is 587 g/mol. The predicted molar refractivity (Wildman–Crippen MR) is 158 cm³/mol. The summed E-state index contributed by atoms with van der Waals surface area (Å²) in [5.74, 6) is -1.09. The molecule has 0 unspecified atom stereocenters. The second-order valence-electron chi connectivity index (χ2n) is 12.5. The Morgan fingerprint density at radius 2 is 1.69 bits per heavy atom. The number of aromatic nitrogens is 1. The van der Waals surface area contributed by atoms with Crippen molar-refractivity contribution in [2.75, 3.05) is 60.7 Å². The molecule has 232 valence electrons. The Bertz CT molecular complexity index is 1200. The minimum atomic E-state index is -0.943. The van der Waals surface area contributed by atoms with E-state index in [2.05, 4.69) is 28.1 Å². The first-order valence-corrected chi connectivity index (χ1v) is 15.0. The number of carbonyl (C=O) groups is 2. The van der Waals surface area contributed by atoms with Crippen molar-refractivity contribution in [1.82, 2.24) is 14.4 Å². The number of rotatable bonds is 15. The molecule has 4 rings (SSSR count). The van der Waals surface area contributed by atoms with E-state index in [-0.39, 0.29) is 43.5 Å². The van der Waals surface area contributed by atoms with Crippen molar-refractivity contribution < 1.29 is 38.9 Å². The van der Waals surface area contributed by atoms with E-state index in [9.17, 15) is 24.9 Å². The summed E-state index contributed by atoms with van der Waals surface area (Å²) in [5.41, 5.74) is 0.821. The van der Waals surface area contributed by atoms with Gasteiger partial charge in [0.25, 0.3) is 0 Å². The predicted octanol–water partition coefficient (Wildman–Crippen LogP) is 3.30. The summed E-state index contributed by atoms with van der Waals surface area (Å²) in [5, 5.41) is 30.9. The van der Waals surface area contributed by atoms with Gasteiger partial charge >= 0.3 is 5.97 Å². The summed E-state index contributed by atoms with van der Waals surface area (Å²) in [6, 6.07) is 7.84. The number of aliphatic carboxylic acids is 1. The quantitative estimate of drug-likeness (QED) is 0.214. The SMILES string of the molecule is CCCCN(CCCC[N+](C)(C)C)C(=O)CN1C[C@H](c2ccc3c(c2)OCO3)[C@@H](C(=O)O)[C@@H]1CCn1c(O)ccc1O. The number of hydrogen-bond acceptors (Lipinski definition) is 7. The zero-order valence-electron chi connectivity index (χ0n) is 25.4. The highest BCUT2D eigenvalue weighted by Gasteiger charge is 2.47. The van der Waals surface area contributed by atoms with Crippen LogP contribution in [-0.4, -0.2) is 113 Å². The summed E-state index contributed by atoms with van der Waals surface area (Å²) >= 11 is 0. The van der Waals surface area contributed by atoms with Crippen LogP contribution >= 0.6 is 0 Å². The first kappa shape index (κ1) is 31.5. The van der Waals surface area contributed by atoms with Gasteiger partial charge in [-0.15, -0.1) is 0 Å². The van der Waals surface area contributed by atoms with Crippen molar-refractivity contribution in [1.29, 1.82) is 0 Å². The van der Waals surface area contributed by atoms with Crippen LogP contribution in [0.2, 0.25) is 0 Å². The molecule has 11 heteroatoms. The van der Waals surface area contributed by atoms with Gasteiger partial charge in [0, 0.05) is 50.3 Å². The van der Waals surface area contributed by atoms with Crippen molar-refractivity contribution in [2.24, 2.45) is 5.92 Å². The Morgan fingerprint density at radius 3 is 2.36 bits per heavy atom. The van der Waals surface area contributed by atoms with E-state index < -0.39 is 17.9 Å². The fourth-order valence-corrected chi connectivity index (χ4v) is 6.14. The molecule has 3 heterocycles. The zero-order chi connectivity index (χ0) is 30.4. The van der Waals surface area contributed by atoms with Gasteiger partial charge in [-0.25, -0.2) is 0 Å². The summed E-state index contributed by atoms with van der Waals surface area (Å²) in [6.45, 7) is 5.32. The molecule has 1 fully saturated rings. The van der Waals surface area contributed by atoms with E-state index in [1.54, 1.807) is 6.07 Å². The molecule has 0 saturated carbocycles. The summed E-state index contributed by atoms with van der Waals surface area (Å²) in [4.78, 5) is 30.5. The number of unbranched alkanes of at least 4 members (excludes halogenated alkanes) is 2. The van der Waals surface area contributed by atoms with E-state index in [1.807, 2.05) is 21.9 Å². The van der Waals surface area contributed by atoms with Crippen molar-refractivity contribution in [3.8, 4) is 23.3 Å². The molecule has 0 aliphatic carbocycles. The highest BCUT2D eigenvalue weighted by molar-refractivity contribution is 5.79. The lowest BCUT2D eigenvalue weighted by molar-refractivity contribution is -0.870. The topological polar surface area (TPSA) is 125 Å². The largest absolute Gasteiger partial charge is 0.494 e. The van der Waals surface area contributed by atoms with Crippen LogP contribution in [0.3, 0.4) is 0 Å². The van der Waals surface area contributed by atoms with Crippen molar-refractivity contribution in [3.63, 3.8) is 0 Å². The highest BCUT2D eigenvalue weighted by Crippen LogP contribution is 2.43. The van der Waals surface area contributed by atoms with E-state index in [0.717, 1.165) is 42.3 Å². The second kappa shape index (κ2) is 13.7. The molecule has 3 N–H and O–H groups in total. The fraction of sp³-hybridized carbons (Fsp3) is 0.613. The number of fused-ring (bicyclic) bond motifs is 1. The Hall–Kier alpha value is -3.44. The van der Waals surface area contributed by atoms with Crippen LogP contribution in [0.25, 0.3) is 0 Å². The third kappa shape index (κ3) is 7.69. The van der Waals surface area contributed by atoms with Crippen LogP contribution in [0.5, 0.6) is 23.3 Å². The molecule has 2 aliphatic rings. The average Bonchev–Trinajstić information content (AvgIpc) is 3.63. The van der Waals surface area contributed by atoms with Crippen LogP contribution in [-0.2, 0) is 16.1 Å². The van der Waals surface area contributed by atoms with Crippen LogP contribution in [0, 0.1) is 5.92 Å². The third-order valence-electron chi connectivity index (χ3n) is 8.42.